The van der Waals surface area contributed by atoms with Gasteiger partial charge >= 0.3 is 0 Å². The van der Waals surface area contributed by atoms with E-state index < -0.39 is 0 Å². The second-order valence-electron chi connectivity index (χ2n) is 5.99. The summed E-state index contributed by atoms with van der Waals surface area (Å²) in [5.74, 6) is 0.335. The molecule has 114 valence electrons. The van der Waals surface area contributed by atoms with Gasteiger partial charge in [0.15, 0.2) is 0 Å². The zero-order valence-corrected chi connectivity index (χ0v) is 15.3. The van der Waals surface area contributed by atoms with Crippen LogP contribution in [0.2, 0.25) is 0 Å². The minimum atomic E-state index is 0. The summed E-state index contributed by atoms with van der Waals surface area (Å²) in [4.78, 5) is 0. The fourth-order valence-corrected chi connectivity index (χ4v) is 2.62. The van der Waals surface area contributed by atoms with E-state index in [0.29, 0.717) is 17.8 Å². The Bertz CT molecular complexity index is 568. The van der Waals surface area contributed by atoms with E-state index in [9.17, 15) is 5.11 Å². The Hall–Kier alpha value is -1.07. The molecule has 1 N–H and O–H groups in total. The Morgan fingerprint density at radius 2 is 1.33 bits per heavy atom. The SMILES string of the molecule is C[C@@H](c1ccccc1)[N+](C)(C)[C@@H](C)c1cccc(O)c1.[I-]. The van der Waals surface area contributed by atoms with E-state index in [2.05, 4.69) is 64.3 Å². The van der Waals surface area contributed by atoms with Crippen molar-refractivity contribution in [1.29, 1.82) is 0 Å². The first kappa shape index (κ1) is 18.0. The molecule has 0 aliphatic rings. The van der Waals surface area contributed by atoms with Gasteiger partial charge in [-0.15, -0.1) is 0 Å². The first-order valence-electron chi connectivity index (χ1n) is 7.10. The molecule has 2 atom stereocenters. The number of aromatic hydroxyl groups is 1. The van der Waals surface area contributed by atoms with Crippen LogP contribution in [0.15, 0.2) is 54.6 Å². The van der Waals surface area contributed by atoms with Crippen LogP contribution in [0.4, 0.5) is 0 Å². The molecule has 0 fully saturated rings. The normalized spacial score (nSPS) is 14.1. The number of rotatable bonds is 4. The van der Waals surface area contributed by atoms with E-state index in [-0.39, 0.29) is 24.0 Å². The molecule has 0 aromatic heterocycles. The third-order valence-electron chi connectivity index (χ3n) is 4.63. The van der Waals surface area contributed by atoms with E-state index in [1.165, 1.54) is 5.56 Å². The van der Waals surface area contributed by atoms with Crippen LogP contribution in [0.1, 0.15) is 37.1 Å². The first-order chi connectivity index (χ1) is 9.43. The van der Waals surface area contributed by atoms with Crippen LogP contribution in [0.25, 0.3) is 0 Å². The van der Waals surface area contributed by atoms with Gasteiger partial charge in [0.05, 0.1) is 14.1 Å². The molecule has 0 saturated carbocycles. The summed E-state index contributed by atoms with van der Waals surface area (Å²) in [6.45, 7) is 4.48. The van der Waals surface area contributed by atoms with Gasteiger partial charge in [-0.3, -0.25) is 0 Å². The van der Waals surface area contributed by atoms with Crippen LogP contribution in [-0.4, -0.2) is 23.7 Å². The van der Waals surface area contributed by atoms with Crippen molar-refractivity contribution in [3.05, 3.63) is 65.7 Å². The summed E-state index contributed by atoms with van der Waals surface area (Å²) in [6.07, 6.45) is 0. The van der Waals surface area contributed by atoms with E-state index >= 15 is 0 Å². The summed E-state index contributed by atoms with van der Waals surface area (Å²) in [7, 11) is 4.48. The van der Waals surface area contributed by atoms with Crippen LogP contribution in [0, 0.1) is 0 Å². The molecule has 0 saturated heterocycles. The Morgan fingerprint density at radius 1 is 0.810 bits per heavy atom. The number of nitrogens with zero attached hydrogens (tertiary/aromatic N) is 1. The molecule has 0 heterocycles. The molecule has 0 aliphatic heterocycles. The number of phenolic OH excluding ortho intramolecular Hbond substituents is 1. The van der Waals surface area contributed by atoms with Gasteiger partial charge < -0.3 is 33.6 Å². The minimum absolute atomic E-state index is 0. The number of phenols is 1. The molecule has 2 rings (SSSR count). The van der Waals surface area contributed by atoms with Gasteiger partial charge in [-0.2, -0.15) is 0 Å². The standard InChI is InChI=1S/C18H23NO.HI/c1-14(16-9-6-5-7-10-16)19(3,4)15(2)17-11-8-12-18(20)13-17;/h5-15H,1-4H3;1H/t14-,15-;/m0./s1. The second-order valence-corrected chi connectivity index (χ2v) is 5.99. The monoisotopic (exact) mass is 397 g/mol. The van der Waals surface area contributed by atoms with Crippen molar-refractivity contribution in [3.8, 4) is 5.75 Å². The summed E-state index contributed by atoms with van der Waals surface area (Å²) < 4.78 is 0.841. The Labute approximate surface area is 145 Å². The summed E-state index contributed by atoms with van der Waals surface area (Å²) >= 11 is 0. The molecule has 0 bridgehead atoms. The van der Waals surface area contributed by atoms with Crippen molar-refractivity contribution in [2.24, 2.45) is 0 Å². The average molecular weight is 397 g/mol. The van der Waals surface area contributed by atoms with Crippen LogP contribution in [-0.2, 0) is 0 Å². The Kier molecular flexibility index (Phi) is 6.23. The predicted octanol–water partition coefficient (Wildman–Crippen LogP) is 1.29. The highest BCUT2D eigenvalue weighted by Gasteiger charge is 2.32. The molecular weight excluding hydrogens is 373 g/mol. The van der Waals surface area contributed by atoms with Crippen molar-refractivity contribution in [1.82, 2.24) is 0 Å². The first-order valence-corrected chi connectivity index (χ1v) is 7.10. The van der Waals surface area contributed by atoms with Crippen molar-refractivity contribution in [2.45, 2.75) is 25.9 Å². The number of hydrogen-bond donors (Lipinski definition) is 1. The maximum absolute atomic E-state index is 9.68. The number of benzene rings is 2. The average Bonchev–Trinajstić information content (AvgIpc) is 2.46. The fourth-order valence-electron chi connectivity index (χ4n) is 2.62. The predicted molar refractivity (Wildman–Crippen MR) is 83.5 cm³/mol. The van der Waals surface area contributed by atoms with Gasteiger partial charge in [0.25, 0.3) is 0 Å². The summed E-state index contributed by atoms with van der Waals surface area (Å²) in [5, 5.41) is 9.68. The number of hydrogen-bond acceptors (Lipinski definition) is 1. The highest BCUT2D eigenvalue weighted by atomic mass is 127. The van der Waals surface area contributed by atoms with Crippen LogP contribution >= 0.6 is 0 Å². The van der Waals surface area contributed by atoms with Crippen LogP contribution < -0.4 is 24.0 Å². The zero-order chi connectivity index (χ0) is 14.8. The Balaban J connectivity index is 0.00000220. The summed E-state index contributed by atoms with van der Waals surface area (Å²) in [5.41, 5.74) is 2.50. The summed E-state index contributed by atoms with van der Waals surface area (Å²) in [6, 6.07) is 18.9. The van der Waals surface area contributed by atoms with Crippen molar-refractivity contribution in [2.75, 3.05) is 14.1 Å². The van der Waals surface area contributed by atoms with Crippen molar-refractivity contribution >= 4 is 0 Å². The zero-order valence-electron chi connectivity index (χ0n) is 13.1. The lowest BCUT2D eigenvalue weighted by molar-refractivity contribution is -0.946. The van der Waals surface area contributed by atoms with Crippen molar-refractivity contribution < 1.29 is 33.6 Å². The highest BCUT2D eigenvalue weighted by Crippen LogP contribution is 2.35. The molecule has 0 amide bonds. The van der Waals surface area contributed by atoms with E-state index in [1.54, 1.807) is 6.07 Å². The third kappa shape index (κ3) is 3.98. The quantitative estimate of drug-likeness (QED) is 0.609. The Morgan fingerprint density at radius 3 is 1.90 bits per heavy atom. The molecule has 21 heavy (non-hydrogen) atoms. The fraction of sp³-hybridized carbons (Fsp3) is 0.333. The van der Waals surface area contributed by atoms with Gasteiger partial charge in [0, 0.05) is 11.1 Å². The maximum Gasteiger partial charge on any atom is 0.116 e. The largest absolute Gasteiger partial charge is 1.00 e. The van der Waals surface area contributed by atoms with Gasteiger partial charge in [-0.1, -0.05) is 42.5 Å². The number of quaternary nitrogens is 1. The second kappa shape index (κ2) is 7.27. The molecule has 2 nitrogen and oxygen atoms in total. The van der Waals surface area contributed by atoms with Gasteiger partial charge in [0.1, 0.15) is 17.8 Å². The van der Waals surface area contributed by atoms with Gasteiger partial charge in [0.2, 0.25) is 0 Å². The third-order valence-corrected chi connectivity index (χ3v) is 4.63. The van der Waals surface area contributed by atoms with E-state index in [1.807, 2.05) is 12.1 Å². The van der Waals surface area contributed by atoms with Crippen molar-refractivity contribution in [3.63, 3.8) is 0 Å². The van der Waals surface area contributed by atoms with Crippen LogP contribution in [0.3, 0.4) is 0 Å². The smallest absolute Gasteiger partial charge is 0.116 e. The van der Waals surface area contributed by atoms with Gasteiger partial charge in [-0.05, 0) is 26.0 Å². The highest BCUT2D eigenvalue weighted by molar-refractivity contribution is 5.28. The molecule has 0 spiro atoms. The maximum atomic E-state index is 9.68. The lowest BCUT2D eigenvalue weighted by Gasteiger charge is -2.42. The molecule has 2 aromatic carbocycles. The molecule has 2 aromatic rings. The van der Waals surface area contributed by atoms with Crippen LogP contribution in [0.5, 0.6) is 5.75 Å². The molecular formula is C18H24INO. The molecule has 0 unspecified atom stereocenters. The minimum Gasteiger partial charge on any atom is -1.00 e. The number of halogens is 1. The van der Waals surface area contributed by atoms with E-state index in [4.69, 9.17) is 0 Å². The molecule has 0 radical (unpaired) electrons. The molecule has 0 aliphatic carbocycles. The van der Waals surface area contributed by atoms with E-state index in [0.717, 1.165) is 10.0 Å². The topological polar surface area (TPSA) is 20.2 Å². The lowest BCUT2D eigenvalue weighted by Crippen LogP contribution is -3.00. The lowest BCUT2D eigenvalue weighted by atomic mass is 9.99. The molecule has 3 heteroatoms. The van der Waals surface area contributed by atoms with Gasteiger partial charge in [-0.25, -0.2) is 0 Å².